The molecule has 2 aliphatic heterocycles. The van der Waals surface area contributed by atoms with Gasteiger partial charge >= 0.3 is 0 Å². The van der Waals surface area contributed by atoms with E-state index in [-0.39, 0.29) is 24.0 Å². The van der Waals surface area contributed by atoms with E-state index in [2.05, 4.69) is 41.9 Å². The van der Waals surface area contributed by atoms with E-state index >= 15 is 0 Å². The van der Waals surface area contributed by atoms with Gasteiger partial charge in [0.1, 0.15) is 17.9 Å². The van der Waals surface area contributed by atoms with Crippen LogP contribution in [0.25, 0.3) is 0 Å². The summed E-state index contributed by atoms with van der Waals surface area (Å²) < 4.78 is 7.10. The van der Waals surface area contributed by atoms with Gasteiger partial charge in [-0.2, -0.15) is 0 Å². The van der Waals surface area contributed by atoms with Crippen LogP contribution in [0.15, 0.2) is 46.9 Å². The number of benzene rings is 2. The van der Waals surface area contributed by atoms with Gasteiger partial charge < -0.3 is 14.5 Å². The quantitative estimate of drug-likeness (QED) is 0.629. The first-order valence-electron chi connectivity index (χ1n) is 11.0. The van der Waals surface area contributed by atoms with Gasteiger partial charge in [-0.25, -0.2) is 0 Å². The summed E-state index contributed by atoms with van der Waals surface area (Å²) in [7, 11) is 0. The molecule has 1 atom stereocenters. The maximum Gasteiger partial charge on any atom is 0.254 e. The molecule has 0 radical (unpaired) electrons. The predicted octanol–water partition coefficient (Wildman–Crippen LogP) is 4.74. The van der Waals surface area contributed by atoms with Crippen molar-refractivity contribution in [2.45, 2.75) is 51.7 Å². The number of aryl methyl sites for hydroxylation is 2. The minimum atomic E-state index is -0.353. The lowest BCUT2D eigenvalue weighted by Gasteiger charge is -2.35. The van der Waals surface area contributed by atoms with Crippen molar-refractivity contribution < 1.29 is 14.3 Å². The summed E-state index contributed by atoms with van der Waals surface area (Å²) in [5, 5.41) is 0. The van der Waals surface area contributed by atoms with E-state index in [9.17, 15) is 9.59 Å². The molecule has 164 valence electrons. The molecule has 2 heterocycles. The van der Waals surface area contributed by atoms with Gasteiger partial charge in [-0.3, -0.25) is 9.59 Å². The Morgan fingerprint density at radius 3 is 2.32 bits per heavy atom. The van der Waals surface area contributed by atoms with Gasteiger partial charge in [0, 0.05) is 42.5 Å². The average molecular weight is 485 g/mol. The molecule has 2 saturated heterocycles. The number of carbonyl (C=O) groups excluding carboxylic acids is 2. The van der Waals surface area contributed by atoms with Gasteiger partial charge in [0.15, 0.2) is 0 Å². The van der Waals surface area contributed by atoms with E-state index in [4.69, 9.17) is 4.74 Å². The lowest BCUT2D eigenvalue weighted by Crippen LogP contribution is -2.51. The fraction of sp³-hybridized carbons (Fsp3) is 0.440. The van der Waals surface area contributed by atoms with Crippen LogP contribution in [0.1, 0.15) is 47.2 Å². The summed E-state index contributed by atoms with van der Waals surface area (Å²) in [6, 6.07) is 13.2. The maximum absolute atomic E-state index is 13.2. The second kappa shape index (κ2) is 9.43. The molecule has 2 aliphatic rings. The molecule has 6 heteroatoms. The van der Waals surface area contributed by atoms with Crippen molar-refractivity contribution in [3.05, 3.63) is 63.6 Å². The molecule has 0 N–H and O–H groups in total. The number of amides is 2. The Kier molecular flexibility index (Phi) is 6.65. The summed E-state index contributed by atoms with van der Waals surface area (Å²) in [6.07, 6.45) is 3.35. The van der Waals surface area contributed by atoms with E-state index in [1.807, 2.05) is 35.2 Å². The molecular formula is C25H29BrN2O3. The highest BCUT2D eigenvalue weighted by Crippen LogP contribution is 2.26. The highest BCUT2D eigenvalue weighted by atomic mass is 79.9. The molecule has 1 unspecified atom stereocenters. The Bertz CT molecular complexity index is 952. The summed E-state index contributed by atoms with van der Waals surface area (Å²) in [4.78, 5) is 29.9. The van der Waals surface area contributed by atoms with E-state index in [0.29, 0.717) is 25.2 Å². The first kappa shape index (κ1) is 21.9. The second-order valence-corrected chi connectivity index (χ2v) is 9.47. The van der Waals surface area contributed by atoms with E-state index in [1.165, 1.54) is 11.1 Å². The van der Waals surface area contributed by atoms with E-state index in [0.717, 1.165) is 35.9 Å². The zero-order valence-electron chi connectivity index (χ0n) is 18.1. The van der Waals surface area contributed by atoms with Gasteiger partial charge in [-0.1, -0.05) is 22.0 Å². The van der Waals surface area contributed by atoms with Crippen molar-refractivity contribution in [3.8, 4) is 5.75 Å². The van der Waals surface area contributed by atoms with Gasteiger partial charge in [0.05, 0.1) is 0 Å². The van der Waals surface area contributed by atoms with Crippen LogP contribution >= 0.6 is 15.9 Å². The number of hydrogen-bond donors (Lipinski definition) is 0. The van der Waals surface area contributed by atoms with Crippen LogP contribution in [0.2, 0.25) is 0 Å². The predicted molar refractivity (Wildman–Crippen MR) is 124 cm³/mol. The molecular weight excluding hydrogens is 456 g/mol. The van der Waals surface area contributed by atoms with Gasteiger partial charge in [0.25, 0.3) is 5.91 Å². The molecule has 2 aromatic carbocycles. The number of carbonyl (C=O) groups is 2. The lowest BCUT2D eigenvalue weighted by molar-refractivity contribution is -0.137. The number of hydrogen-bond acceptors (Lipinski definition) is 3. The topological polar surface area (TPSA) is 49.9 Å². The molecule has 2 amide bonds. The smallest absolute Gasteiger partial charge is 0.254 e. The summed E-state index contributed by atoms with van der Waals surface area (Å²) >= 11 is 3.40. The maximum atomic E-state index is 13.2. The largest absolute Gasteiger partial charge is 0.490 e. The minimum absolute atomic E-state index is 0.0590. The lowest BCUT2D eigenvalue weighted by atomic mass is 10.0. The standard InChI is InChI=1S/C25H29BrN2O3/c1-17-5-10-22(16-18(17)2)31-21-11-14-27(15-12-21)25(30)23-4-3-13-28(23)24(29)19-6-8-20(26)9-7-19/h5-10,16,21,23H,3-4,11-15H2,1-2H3. The fourth-order valence-electron chi connectivity index (χ4n) is 4.41. The zero-order chi connectivity index (χ0) is 22.0. The third kappa shape index (κ3) is 4.95. The summed E-state index contributed by atoms with van der Waals surface area (Å²) in [5.74, 6) is 0.916. The van der Waals surface area contributed by atoms with Crippen molar-refractivity contribution in [3.63, 3.8) is 0 Å². The van der Waals surface area contributed by atoms with Gasteiger partial charge in [-0.05, 0) is 74.2 Å². The third-order valence-corrected chi connectivity index (χ3v) is 6.95. The van der Waals surface area contributed by atoms with Crippen molar-refractivity contribution >= 4 is 27.7 Å². The minimum Gasteiger partial charge on any atom is -0.490 e. The SMILES string of the molecule is Cc1ccc(OC2CCN(C(=O)C3CCCN3C(=O)c3ccc(Br)cc3)CC2)cc1C. The number of rotatable bonds is 4. The van der Waals surface area contributed by atoms with Crippen LogP contribution in [-0.4, -0.2) is 53.4 Å². The van der Waals surface area contributed by atoms with Crippen LogP contribution in [0.3, 0.4) is 0 Å². The Morgan fingerprint density at radius 1 is 0.935 bits per heavy atom. The molecule has 0 bridgehead atoms. The number of halogens is 1. The number of nitrogens with zero attached hydrogens (tertiary/aromatic N) is 2. The highest BCUT2D eigenvalue weighted by Gasteiger charge is 2.38. The van der Waals surface area contributed by atoms with Crippen LogP contribution in [-0.2, 0) is 4.79 Å². The van der Waals surface area contributed by atoms with E-state index in [1.54, 1.807) is 4.90 Å². The first-order chi connectivity index (χ1) is 14.9. The molecule has 31 heavy (non-hydrogen) atoms. The Balaban J connectivity index is 1.34. The van der Waals surface area contributed by atoms with Crippen LogP contribution < -0.4 is 4.74 Å². The number of piperidine rings is 1. The molecule has 2 aromatic rings. The highest BCUT2D eigenvalue weighted by molar-refractivity contribution is 9.10. The summed E-state index contributed by atoms with van der Waals surface area (Å²) in [6.45, 7) is 6.16. The molecule has 2 fully saturated rings. The molecule has 4 rings (SSSR count). The monoisotopic (exact) mass is 484 g/mol. The normalized spacial score (nSPS) is 19.5. The molecule has 0 spiro atoms. The van der Waals surface area contributed by atoms with Crippen LogP contribution in [0, 0.1) is 13.8 Å². The molecule has 0 aromatic heterocycles. The Labute approximate surface area is 192 Å². The number of ether oxygens (including phenoxy) is 1. The van der Waals surface area contributed by atoms with Crippen molar-refractivity contribution in [2.24, 2.45) is 0 Å². The van der Waals surface area contributed by atoms with Crippen LogP contribution in [0.5, 0.6) is 5.75 Å². The first-order valence-corrected chi connectivity index (χ1v) is 11.8. The third-order valence-electron chi connectivity index (χ3n) is 6.42. The van der Waals surface area contributed by atoms with E-state index < -0.39 is 0 Å². The van der Waals surface area contributed by atoms with Gasteiger partial charge in [0.2, 0.25) is 5.91 Å². The fourth-order valence-corrected chi connectivity index (χ4v) is 4.67. The van der Waals surface area contributed by atoms with Crippen molar-refractivity contribution in [2.75, 3.05) is 19.6 Å². The summed E-state index contributed by atoms with van der Waals surface area (Å²) in [5.41, 5.74) is 3.11. The molecule has 0 saturated carbocycles. The molecule has 5 nitrogen and oxygen atoms in total. The van der Waals surface area contributed by atoms with Gasteiger partial charge in [-0.15, -0.1) is 0 Å². The van der Waals surface area contributed by atoms with Crippen LogP contribution in [0.4, 0.5) is 0 Å². The number of likely N-dealkylation sites (tertiary alicyclic amines) is 2. The zero-order valence-corrected chi connectivity index (χ0v) is 19.7. The Morgan fingerprint density at radius 2 is 1.65 bits per heavy atom. The van der Waals surface area contributed by atoms with Crippen molar-refractivity contribution in [1.82, 2.24) is 9.80 Å². The van der Waals surface area contributed by atoms with Crippen molar-refractivity contribution in [1.29, 1.82) is 0 Å². The Hall–Kier alpha value is -2.34. The average Bonchev–Trinajstić information content (AvgIpc) is 3.26. The second-order valence-electron chi connectivity index (χ2n) is 8.55. The molecule has 0 aliphatic carbocycles.